The summed E-state index contributed by atoms with van der Waals surface area (Å²) in [5, 5.41) is 9.13. The van der Waals surface area contributed by atoms with Crippen molar-refractivity contribution in [1.29, 1.82) is 0 Å². The van der Waals surface area contributed by atoms with E-state index in [0.717, 1.165) is 37.9 Å². The summed E-state index contributed by atoms with van der Waals surface area (Å²) in [5.74, 6) is -1.10. The van der Waals surface area contributed by atoms with E-state index in [0.29, 0.717) is 0 Å². The summed E-state index contributed by atoms with van der Waals surface area (Å²) < 4.78 is 0. The lowest BCUT2D eigenvalue weighted by Gasteiger charge is -2.11. The zero-order valence-corrected chi connectivity index (χ0v) is 11.5. The third-order valence-electron chi connectivity index (χ3n) is 3.02. The summed E-state index contributed by atoms with van der Waals surface area (Å²) in [7, 11) is 0. The van der Waals surface area contributed by atoms with Crippen LogP contribution >= 0.6 is 0 Å². The normalized spacial score (nSPS) is 13.7. The number of hydrogen-bond donors (Lipinski definition) is 1. The van der Waals surface area contributed by atoms with Crippen LogP contribution in [0, 0.1) is 5.92 Å². The average molecular weight is 241 g/mol. The van der Waals surface area contributed by atoms with Crippen LogP contribution in [0.25, 0.3) is 0 Å². The molecule has 0 aromatic heterocycles. The maximum Gasteiger partial charge on any atom is 0.312 e. The number of aliphatic imine (C=N–C) groups is 1. The van der Waals surface area contributed by atoms with Gasteiger partial charge in [0.15, 0.2) is 0 Å². The molecule has 0 aliphatic heterocycles. The highest BCUT2D eigenvalue weighted by Gasteiger charge is 2.19. The van der Waals surface area contributed by atoms with Gasteiger partial charge in [-0.15, -0.1) is 0 Å². The first-order valence-electron chi connectivity index (χ1n) is 6.87. The molecule has 1 atom stereocenters. The smallest absolute Gasteiger partial charge is 0.312 e. The van der Waals surface area contributed by atoms with Gasteiger partial charge < -0.3 is 5.11 Å². The van der Waals surface area contributed by atoms with Crippen LogP contribution < -0.4 is 0 Å². The topological polar surface area (TPSA) is 49.7 Å². The number of hydrogen-bond acceptors (Lipinski definition) is 2. The first-order valence-corrected chi connectivity index (χ1v) is 6.87. The van der Waals surface area contributed by atoms with E-state index in [1.54, 1.807) is 0 Å². The SMILES string of the molecule is CCCCCC/N=C(/C)C(CCCC)C(=O)O. The molecular weight excluding hydrogens is 214 g/mol. The lowest BCUT2D eigenvalue weighted by atomic mass is 9.98. The Morgan fingerprint density at radius 3 is 2.29 bits per heavy atom. The van der Waals surface area contributed by atoms with Gasteiger partial charge in [-0.3, -0.25) is 9.79 Å². The summed E-state index contributed by atoms with van der Waals surface area (Å²) in [4.78, 5) is 15.5. The van der Waals surface area contributed by atoms with E-state index < -0.39 is 5.97 Å². The summed E-state index contributed by atoms with van der Waals surface area (Å²) in [6.45, 7) is 6.89. The average Bonchev–Trinajstić information content (AvgIpc) is 2.29. The van der Waals surface area contributed by atoms with Gasteiger partial charge in [-0.1, -0.05) is 46.0 Å². The minimum absolute atomic E-state index is 0.374. The van der Waals surface area contributed by atoms with Crippen molar-refractivity contribution in [2.24, 2.45) is 10.9 Å². The van der Waals surface area contributed by atoms with Crippen LogP contribution in [0.4, 0.5) is 0 Å². The van der Waals surface area contributed by atoms with Gasteiger partial charge in [0.25, 0.3) is 0 Å². The monoisotopic (exact) mass is 241 g/mol. The molecule has 0 aliphatic rings. The van der Waals surface area contributed by atoms with E-state index in [4.69, 9.17) is 5.11 Å². The van der Waals surface area contributed by atoms with E-state index in [-0.39, 0.29) is 5.92 Å². The number of carboxylic acids is 1. The number of unbranched alkanes of at least 4 members (excludes halogenated alkanes) is 4. The predicted molar refractivity (Wildman–Crippen MR) is 72.8 cm³/mol. The molecule has 1 N–H and O–H groups in total. The predicted octanol–water partition coefficient (Wildman–Crippen LogP) is 3.92. The van der Waals surface area contributed by atoms with Crippen molar-refractivity contribution in [3.8, 4) is 0 Å². The Labute approximate surface area is 105 Å². The highest BCUT2D eigenvalue weighted by atomic mass is 16.4. The number of carbonyl (C=O) groups is 1. The minimum atomic E-state index is -0.728. The van der Waals surface area contributed by atoms with Crippen LogP contribution in [-0.2, 0) is 4.79 Å². The van der Waals surface area contributed by atoms with Gasteiger partial charge in [0.05, 0.1) is 5.92 Å². The molecule has 0 radical (unpaired) electrons. The van der Waals surface area contributed by atoms with Crippen LogP contribution in [0.3, 0.4) is 0 Å². The summed E-state index contributed by atoms with van der Waals surface area (Å²) in [6.07, 6.45) is 7.44. The summed E-state index contributed by atoms with van der Waals surface area (Å²) in [6, 6.07) is 0. The van der Waals surface area contributed by atoms with Gasteiger partial charge in [0.1, 0.15) is 0 Å². The molecule has 1 unspecified atom stereocenters. The molecule has 100 valence electrons. The third kappa shape index (κ3) is 7.94. The summed E-state index contributed by atoms with van der Waals surface area (Å²) >= 11 is 0. The van der Waals surface area contributed by atoms with E-state index in [1.165, 1.54) is 19.3 Å². The Bertz CT molecular complexity index is 236. The van der Waals surface area contributed by atoms with E-state index in [9.17, 15) is 4.79 Å². The van der Waals surface area contributed by atoms with E-state index in [2.05, 4.69) is 18.8 Å². The fraction of sp³-hybridized carbons (Fsp3) is 0.857. The molecule has 0 fully saturated rings. The van der Waals surface area contributed by atoms with Crippen LogP contribution in [0.1, 0.15) is 65.7 Å². The Morgan fingerprint density at radius 2 is 1.76 bits per heavy atom. The lowest BCUT2D eigenvalue weighted by molar-refractivity contribution is -0.139. The molecule has 0 aromatic rings. The molecular formula is C14H27NO2. The zero-order valence-electron chi connectivity index (χ0n) is 11.5. The Balaban J connectivity index is 4.06. The fourth-order valence-corrected chi connectivity index (χ4v) is 1.82. The van der Waals surface area contributed by atoms with Gasteiger partial charge in [0.2, 0.25) is 0 Å². The maximum absolute atomic E-state index is 11.1. The maximum atomic E-state index is 11.1. The van der Waals surface area contributed by atoms with Crippen LogP contribution in [-0.4, -0.2) is 23.3 Å². The zero-order chi connectivity index (χ0) is 13.1. The standard InChI is InChI=1S/C14H27NO2/c1-4-6-8-9-11-15-12(3)13(14(16)17)10-7-5-2/h13H,4-11H2,1-3H3,(H,16,17)/b15-12-. The quantitative estimate of drug-likeness (QED) is 0.465. The number of carboxylic acid groups (broad SMARTS) is 1. The molecule has 0 spiro atoms. The number of nitrogens with zero attached hydrogens (tertiary/aromatic N) is 1. The fourth-order valence-electron chi connectivity index (χ4n) is 1.82. The molecule has 0 saturated carbocycles. The van der Waals surface area contributed by atoms with Crippen LogP contribution in [0.2, 0.25) is 0 Å². The molecule has 0 saturated heterocycles. The molecule has 0 aliphatic carbocycles. The first-order chi connectivity index (χ1) is 8.13. The minimum Gasteiger partial charge on any atom is -0.481 e. The lowest BCUT2D eigenvalue weighted by Crippen LogP contribution is -2.22. The van der Waals surface area contributed by atoms with Gasteiger partial charge in [-0.25, -0.2) is 0 Å². The van der Waals surface area contributed by atoms with Crippen molar-refractivity contribution in [1.82, 2.24) is 0 Å². The Kier molecular flexibility index (Phi) is 9.78. The van der Waals surface area contributed by atoms with Crippen molar-refractivity contribution in [2.75, 3.05) is 6.54 Å². The van der Waals surface area contributed by atoms with E-state index >= 15 is 0 Å². The van der Waals surface area contributed by atoms with Crippen LogP contribution in [0.5, 0.6) is 0 Å². The van der Waals surface area contributed by atoms with E-state index in [1.807, 2.05) is 6.92 Å². The van der Waals surface area contributed by atoms with Gasteiger partial charge in [-0.2, -0.15) is 0 Å². The van der Waals surface area contributed by atoms with Crippen LogP contribution in [0.15, 0.2) is 4.99 Å². The molecule has 0 aromatic carbocycles. The molecule has 17 heavy (non-hydrogen) atoms. The second kappa shape index (κ2) is 10.3. The highest BCUT2D eigenvalue weighted by molar-refractivity contribution is 6.00. The summed E-state index contributed by atoms with van der Waals surface area (Å²) in [5.41, 5.74) is 0.794. The third-order valence-corrected chi connectivity index (χ3v) is 3.02. The number of rotatable bonds is 10. The molecule has 0 heterocycles. The first kappa shape index (κ1) is 16.1. The molecule has 0 bridgehead atoms. The molecule has 0 rings (SSSR count). The second-order valence-corrected chi connectivity index (χ2v) is 4.62. The van der Waals surface area contributed by atoms with Crippen molar-refractivity contribution in [3.63, 3.8) is 0 Å². The van der Waals surface area contributed by atoms with Gasteiger partial charge in [0, 0.05) is 12.3 Å². The van der Waals surface area contributed by atoms with Gasteiger partial charge in [-0.05, 0) is 19.8 Å². The Morgan fingerprint density at radius 1 is 1.12 bits per heavy atom. The van der Waals surface area contributed by atoms with Crippen molar-refractivity contribution in [3.05, 3.63) is 0 Å². The van der Waals surface area contributed by atoms with Crippen molar-refractivity contribution in [2.45, 2.75) is 65.7 Å². The highest BCUT2D eigenvalue weighted by Crippen LogP contribution is 2.12. The largest absolute Gasteiger partial charge is 0.481 e. The number of aliphatic carboxylic acids is 1. The molecule has 3 nitrogen and oxygen atoms in total. The molecule has 0 amide bonds. The van der Waals surface area contributed by atoms with Crippen molar-refractivity contribution >= 4 is 11.7 Å². The Hall–Kier alpha value is -0.860. The second-order valence-electron chi connectivity index (χ2n) is 4.62. The van der Waals surface area contributed by atoms with Gasteiger partial charge >= 0.3 is 5.97 Å². The van der Waals surface area contributed by atoms with Crippen molar-refractivity contribution < 1.29 is 9.90 Å². The molecule has 3 heteroatoms.